The second kappa shape index (κ2) is 7.73. The van der Waals surface area contributed by atoms with Crippen LogP contribution in [-0.4, -0.2) is 38.7 Å². The summed E-state index contributed by atoms with van der Waals surface area (Å²) in [4.78, 5) is 18.6. The van der Waals surface area contributed by atoms with Crippen LogP contribution in [0, 0.1) is 5.92 Å². The van der Waals surface area contributed by atoms with Crippen LogP contribution in [0.25, 0.3) is 5.69 Å². The van der Waals surface area contributed by atoms with E-state index in [4.69, 9.17) is 0 Å². The minimum absolute atomic E-state index is 0.0800. The molecule has 0 aliphatic carbocycles. The lowest BCUT2D eigenvalue weighted by molar-refractivity contribution is 0.0735. The smallest absolute Gasteiger partial charge is 0.253 e. The van der Waals surface area contributed by atoms with Gasteiger partial charge in [0.1, 0.15) is 12.7 Å². The van der Waals surface area contributed by atoms with Gasteiger partial charge in [-0.05, 0) is 31.0 Å². The first-order valence-electron chi connectivity index (χ1n) is 7.93. The molecule has 1 aromatic heterocycles. The van der Waals surface area contributed by atoms with E-state index >= 15 is 0 Å². The molecule has 1 amide bonds. The van der Waals surface area contributed by atoms with Gasteiger partial charge >= 0.3 is 0 Å². The van der Waals surface area contributed by atoms with E-state index in [0.29, 0.717) is 11.5 Å². The van der Waals surface area contributed by atoms with Crippen LogP contribution >= 0.6 is 0 Å². The Labute approximate surface area is 132 Å². The first-order valence-corrected chi connectivity index (χ1v) is 7.93. The van der Waals surface area contributed by atoms with Crippen molar-refractivity contribution in [3.05, 3.63) is 42.5 Å². The van der Waals surface area contributed by atoms with E-state index in [1.54, 1.807) is 11.0 Å². The molecule has 0 aliphatic heterocycles. The molecule has 2 aromatic rings. The highest BCUT2D eigenvalue weighted by Crippen LogP contribution is 2.15. The molecule has 0 spiro atoms. The minimum atomic E-state index is 0.0800. The van der Waals surface area contributed by atoms with Crippen LogP contribution in [0.1, 0.15) is 44.0 Å². The van der Waals surface area contributed by atoms with E-state index in [0.717, 1.165) is 31.6 Å². The number of hydrogen-bond acceptors (Lipinski definition) is 3. The van der Waals surface area contributed by atoms with Gasteiger partial charge in [0.05, 0.1) is 5.69 Å². The van der Waals surface area contributed by atoms with Gasteiger partial charge in [-0.1, -0.05) is 32.8 Å². The van der Waals surface area contributed by atoms with Crippen molar-refractivity contribution < 1.29 is 4.79 Å². The maximum atomic E-state index is 12.7. The summed E-state index contributed by atoms with van der Waals surface area (Å²) in [5, 5.41) is 4.11. The highest BCUT2D eigenvalue weighted by molar-refractivity contribution is 5.94. The zero-order valence-corrected chi connectivity index (χ0v) is 13.6. The van der Waals surface area contributed by atoms with Crippen molar-refractivity contribution in [2.75, 3.05) is 13.1 Å². The first-order chi connectivity index (χ1) is 10.7. The second-order valence-electron chi connectivity index (χ2n) is 5.42. The molecule has 1 aromatic carbocycles. The molecule has 2 rings (SSSR count). The lowest BCUT2D eigenvalue weighted by atomic mass is 10.0. The van der Waals surface area contributed by atoms with Crippen LogP contribution in [0.3, 0.4) is 0 Å². The van der Waals surface area contributed by atoms with E-state index in [1.165, 1.54) is 6.33 Å². The molecule has 118 valence electrons. The molecule has 5 heteroatoms. The Morgan fingerprint density at radius 3 is 2.64 bits per heavy atom. The standard InChI is InChI=1S/C17H24N4O/c1-4-14(5-2)11-20(6-3)17(22)15-8-7-9-16(10-15)21-13-18-12-19-21/h7-10,12-14H,4-6,11H2,1-3H3. The highest BCUT2D eigenvalue weighted by Gasteiger charge is 2.17. The van der Waals surface area contributed by atoms with E-state index in [2.05, 4.69) is 23.9 Å². The first kappa shape index (κ1) is 16.2. The third-order valence-corrected chi connectivity index (χ3v) is 4.08. The Bertz CT molecular complexity index is 590. The van der Waals surface area contributed by atoms with E-state index < -0.39 is 0 Å². The fraction of sp³-hybridized carbons (Fsp3) is 0.471. The lowest BCUT2D eigenvalue weighted by Crippen LogP contribution is -2.35. The predicted molar refractivity (Wildman–Crippen MR) is 87.0 cm³/mol. The third-order valence-electron chi connectivity index (χ3n) is 4.08. The van der Waals surface area contributed by atoms with Crippen LogP contribution in [-0.2, 0) is 0 Å². The Balaban J connectivity index is 2.19. The quantitative estimate of drug-likeness (QED) is 0.789. The summed E-state index contributed by atoms with van der Waals surface area (Å²) < 4.78 is 1.66. The van der Waals surface area contributed by atoms with Crippen LogP contribution in [0.4, 0.5) is 0 Å². The minimum Gasteiger partial charge on any atom is -0.339 e. The molecular weight excluding hydrogens is 276 g/mol. The van der Waals surface area contributed by atoms with Gasteiger partial charge in [0, 0.05) is 18.7 Å². The van der Waals surface area contributed by atoms with E-state index in [1.807, 2.05) is 36.1 Å². The largest absolute Gasteiger partial charge is 0.339 e. The highest BCUT2D eigenvalue weighted by atomic mass is 16.2. The molecule has 0 atom stereocenters. The average molecular weight is 300 g/mol. The maximum absolute atomic E-state index is 12.7. The van der Waals surface area contributed by atoms with E-state index in [9.17, 15) is 4.79 Å². The molecule has 22 heavy (non-hydrogen) atoms. The summed E-state index contributed by atoms with van der Waals surface area (Å²) in [5.41, 5.74) is 1.54. The van der Waals surface area contributed by atoms with Gasteiger partial charge in [0.25, 0.3) is 5.91 Å². The number of hydrogen-bond donors (Lipinski definition) is 0. The fourth-order valence-electron chi connectivity index (χ4n) is 2.52. The number of amides is 1. The average Bonchev–Trinajstić information content (AvgIpc) is 3.10. The number of benzene rings is 1. The zero-order valence-electron chi connectivity index (χ0n) is 13.6. The lowest BCUT2D eigenvalue weighted by Gasteiger charge is -2.25. The Morgan fingerprint density at radius 2 is 2.05 bits per heavy atom. The normalized spacial score (nSPS) is 10.9. The van der Waals surface area contributed by atoms with Crippen molar-refractivity contribution in [1.82, 2.24) is 19.7 Å². The van der Waals surface area contributed by atoms with Gasteiger partial charge in [-0.3, -0.25) is 4.79 Å². The molecule has 0 saturated carbocycles. The Morgan fingerprint density at radius 1 is 1.27 bits per heavy atom. The van der Waals surface area contributed by atoms with Crippen molar-refractivity contribution >= 4 is 5.91 Å². The van der Waals surface area contributed by atoms with Gasteiger partial charge in [-0.15, -0.1) is 0 Å². The number of carbonyl (C=O) groups excluding carboxylic acids is 1. The van der Waals surface area contributed by atoms with Gasteiger partial charge < -0.3 is 4.90 Å². The van der Waals surface area contributed by atoms with Crippen molar-refractivity contribution in [1.29, 1.82) is 0 Å². The SMILES string of the molecule is CCC(CC)CN(CC)C(=O)c1cccc(-n2cncn2)c1. The van der Waals surface area contributed by atoms with Crippen LogP contribution in [0.2, 0.25) is 0 Å². The molecule has 0 unspecified atom stereocenters. The molecule has 5 nitrogen and oxygen atoms in total. The summed E-state index contributed by atoms with van der Waals surface area (Å²) in [6.07, 6.45) is 5.31. The molecule has 0 bridgehead atoms. The maximum Gasteiger partial charge on any atom is 0.253 e. The summed E-state index contributed by atoms with van der Waals surface area (Å²) >= 11 is 0. The summed E-state index contributed by atoms with van der Waals surface area (Å²) in [6, 6.07) is 7.53. The van der Waals surface area contributed by atoms with Crippen LogP contribution in [0.5, 0.6) is 0 Å². The second-order valence-corrected chi connectivity index (χ2v) is 5.42. The van der Waals surface area contributed by atoms with Crippen LogP contribution in [0.15, 0.2) is 36.9 Å². The zero-order chi connectivity index (χ0) is 15.9. The molecule has 0 N–H and O–H groups in total. The molecule has 1 heterocycles. The number of nitrogens with zero attached hydrogens (tertiary/aromatic N) is 4. The van der Waals surface area contributed by atoms with Crippen molar-refractivity contribution in [2.45, 2.75) is 33.6 Å². The van der Waals surface area contributed by atoms with Gasteiger partial charge in [-0.25, -0.2) is 9.67 Å². The van der Waals surface area contributed by atoms with Crippen molar-refractivity contribution in [3.63, 3.8) is 0 Å². The van der Waals surface area contributed by atoms with Gasteiger partial charge in [0.15, 0.2) is 0 Å². The van der Waals surface area contributed by atoms with Crippen LogP contribution < -0.4 is 0 Å². The molecule has 0 radical (unpaired) electrons. The number of rotatable bonds is 7. The monoisotopic (exact) mass is 300 g/mol. The third kappa shape index (κ3) is 3.72. The molecule has 0 saturated heterocycles. The van der Waals surface area contributed by atoms with Gasteiger partial charge in [0.2, 0.25) is 0 Å². The fourth-order valence-corrected chi connectivity index (χ4v) is 2.52. The number of aromatic nitrogens is 3. The van der Waals surface area contributed by atoms with Crippen molar-refractivity contribution in [3.8, 4) is 5.69 Å². The molecule has 0 fully saturated rings. The van der Waals surface area contributed by atoms with Gasteiger partial charge in [-0.2, -0.15) is 5.10 Å². The van der Waals surface area contributed by atoms with Crippen molar-refractivity contribution in [2.24, 2.45) is 5.92 Å². The summed E-state index contributed by atoms with van der Waals surface area (Å²) in [6.45, 7) is 7.93. The van der Waals surface area contributed by atoms with E-state index in [-0.39, 0.29) is 5.91 Å². The molecule has 0 aliphatic rings. The summed E-state index contributed by atoms with van der Waals surface area (Å²) in [7, 11) is 0. The Hall–Kier alpha value is -2.17. The molecular formula is C17H24N4O. The Kier molecular flexibility index (Phi) is 5.69. The topological polar surface area (TPSA) is 51.0 Å². The predicted octanol–water partition coefficient (Wildman–Crippen LogP) is 3.17. The summed E-state index contributed by atoms with van der Waals surface area (Å²) in [5.74, 6) is 0.638. The number of carbonyl (C=O) groups is 1.